The number of amides is 1. The molecule has 2 saturated heterocycles. The van der Waals surface area contributed by atoms with Gasteiger partial charge in [0.05, 0.1) is 15.9 Å². The van der Waals surface area contributed by atoms with Gasteiger partial charge in [-0.15, -0.1) is 0 Å². The van der Waals surface area contributed by atoms with Crippen molar-refractivity contribution >= 4 is 21.6 Å². The van der Waals surface area contributed by atoms with Gasteiger partial charge in [0.1, 0.15) is 0 Å². The van der Waals surface area contributed by atoms with E-state index < -0.39 is 14.9 Å². The highest BCUT2D eigenvalue weighted by Gasteiger charge is 2.38. The smallest absolute Gasteiger partial charge is 0.270 e. The molecular formula is C23H27N3O5S. The first-order valence-corrected chi connectivity index (χ1v) is 12.3. The van der Waals surface area contributed by atoms with E-state index in [0.717, 1.165) is 31.0 Å². The Hall–Kier alpha value is -2.78. The second-order valence-corrected chi connectivity index (χ2v) is 10.4. The molecule has 2 fully saturated rings. The monoisotopic (exact) mass is 457 g/mol. The quantitative estimate of drug-likeness (QED) is 0.504. The van der Waals surface area contributed by atoms with Gasteiger partial charge in [0, 0.05) is 37.7 Å². The third kappa shape index (κ3) is 4.27. The van der Waals surface area contributed by atoms with E-state index >= 15 is 0 Å². The van der Waals surface area contributed by atoms with Crippen molar-refractivity contribution in [3.63, 3.8) is 0 Å². The van der Waals surface area contributed by atoms with Crippen molar-refractivity contribution in [3.05, 3.63) is 69.8 Å². The molecule has 2 aromatic carbocycles. The maximum Gasteiger partial charge on any atom is 0.270 e. The van der Waals surface area contributed by atoms with Crippen LogP contribution in [0.3, 0.4) is 0 Å². The average Bonchev–Trinajstić information content (AvgIpc) is 3.29. The minimum absolute atomic E-state index is 0.0415. The Kier molecular flexibility index (Phi) is 6.30. The third-order valence-electron chi connectivity index (χ3n) is 6.52. The maximum absolute atomic E-state index is 13.3. The number of nitro benzene ring substituents is 1. The van der Waals surface area contributed by atoms with Crippen molar-refractivity contribution in [2.75, 3.05) is 19.6 Å². The topological polar surface area (TPSA) is 101 Å². The molecule has 0 spiro atoms. The van der Waals surface area contributed by atoms with Crippen molar-refractivity contribution < 1.29 is 18.1 Å². The minimum atomic E-state index is -3.87. The van der Waals surface area contributed by atoms with Crippen LogP contribution in [0, 0.1) is 23.0 Å². The Balaban J connectivity index is 1.45. The fourth-order valence-electron chi connectivity index (χ4n) is 4.75. The number of benzene rings is 2. The zero-order valence-corrected chi connectivity index (χ0v) is 18.8. The van der Waals surface area contributed by atoms with Crippen LogP contribution in [0.15, 0.2) is 53.4 Å². The summed E-state index contributed by atoms with van der Waals surface area (Å²) >= 11 is 0. The number of sulfonamides is 1. The van der Waals surface area contributed by atoms with Crippen molar-refractivity contribution in [2.45, 2.75) is 43.5 Å². The second kappa shape index (κ2) is 8.99. The summed E-state index contributed by atoms with van der Waals surface area (Å²) in [6.45, 7) is 2.81. The van der Waals surface area contributed by atoms with Gasteiger partial charge in [0.15, 0.2) is 0 Å². The Morgan fingerprint density at radius 2 is 1.72 bits per heavy atom. The lowest BCUT2D eigenvalue weighted by atomic mass is 9.95. The number of nitro groups is 1. The number of aryl methyl sites for hydroxylation is 1. The molecular weight excluding hydrogens is 430 g/mol. The molecule has 1 unspecified atom stereocenters. The Morgan fingerprint density at radius 3 is 2.38 bits per heavy atom. The third-order valence-corrected chi connectivity index (χ3v) is 8.56. The lowest BCUT2D eigenvalue weighted by Gasteiger charge is -2.34. The summed E-state index contributed by atoms with van der Waals surface area (Å²) in [5.41, 5.74) is 1.36. The molecule has 0 radical (unpaired) electrons. The SMILES string of the molecule is Cc1ccc([N+](=O)[O-])cc1S(=O)(=O)N1CCC(C(=O)N2CCCC2c2ccccc2)CC1. The lowest BCUT2D eigenvalue weighted by molar-refractivity contribution is -0.385. The number of carbonyl (C=O) groups is 1. The van der Waals surface area contributed by atoms with Gasteiger partial charge in [0.2, 0.25) is 15.9 Å². The number of rotatable bonds is 5. The average molecular weight is 458 g/mol. The molecule has 0 N–H and O–H groups in total. The van der Waals surface area contributed by atoms with Gasteiger partial charge in [-0.3, -0.25) is 14.9 Å². The van der Waals surface area contributed by atoms with Gasteiger partial charge in [-0.25, -0.2) is 8.42 Å². The van der Waals surface area contributed by atoms with E-state index in [1.165, 1.54) is 16.4 Å². The van der Waals surface area contributed by atoms with Crippen LogP contribution in [0.25, 0.3) is 0 Å². The fraction of sp³-hybridized carbons (Fsp3) is 0.435. The van der Waals surface area contributed by atoms with Crippen LogP contribution in [-0.4, -0.2) is 48.1 Å². The number of likely N-dealkylation sites (tertiary alicyclic amines) is 1. The van der Waals surface area contributed by atoms with Crippen LogP contribution in [0.5, 0.6) is 0 Å². The van der Waals surface area contributed by atoms with E-state index in [1.807, 2.05) is 35.2 Å². The van der Waals surface area contributed by atoms with E-state index in [-0.39, 0.29) is 41.5 Å². The molecule has 4 rings (SSSR count). The first kappa shape index (κ1) is 22.4. The molecule has 8 nitrogen and oxygen atoms in total. The Labute approximate surface area is 188 Å². The van der Waals surface area contributed by atoms with Crippen molar-refractivity contribution in [1.29, 1.82) is 0 Å². The van der Waals surface area contributed by atoms with Crippen molar-refractivity contribution in [3.8, 4) is 0 Å². The number of hydrogen-bond acceptors (Lipinski definition) is 5. The van der Waals surface area contributed by atoms with Crippen LogP contribution in [0.4, 0.5) is 5.69 Å². The van der Waals surface area contributed by atoms with Crippen LogP contribution < -0.4 is 0 Å². The van der Waals surface area contributed by atoms with Crippen molar-refractivity contribution in [2.24, 2.45) is 5.92 Å². The largest absolute Gasteiger partial charge is 0.335 e. The van der Waals surface area contributed by atoms with Crippen LogP contribution in [0.1, 0.15) is 42.9 Å². The summed E-state index contributed by atoms with van der Waals surface area (Å²) in [5.74, 6) is -0.114. The number of non-ortho nitro benzene ring substituents is 1. The highest BCUT2D eigenvalue weighted by atomic mass is 32.2. The lowest BCUT2D eigenvalue weighted by Crippen LogP contribution is -2.44. The van der Waals surface area contributed by atoms with E-state index in [1.54, 1.807) is 6.92 Å². The number of hydrogen-bond donors (Lipinski definition) is 0. The van der Waals surface area contributed by atoms with E-state index in [9.17, 15) is 23.3 Å². The van der Waals surface area contributed by atoms with Gasteiger partial charge < -0.3 is 4.90 Å². The van der Waals surface area contributed by atoms with E-state index in [4.69, 9.17) is 0 Å². The molecule has 9 heteroatoms. The van der Waals surface area contributed by atoms with Gasteiger partial charge in [0.25, 0.3) is 5.69 Å². The van der Waals surface area contributed by atoms with Crippen molar-refractivity contribution in [1.82, 2.24) is 9.21 Å². The first-order valence-electron chi connectivity index (χ1n) is 10.9. The minimum Gasteiger partial charge on any atom is -0.335 e. The summed E-state index contributed by atoms with van der Waals surface area (Å²) in [4.78, 5) is 25.7. The number of piperidine rings is 1. The summed E-state index contributed by atoms with van der Waals surface area (Å²) < 4.78 is 27.7. The molecule has 2 aromatic rings. The standard InChI is InChI=1S/C23H27N3O5S/c1-17-9-10-20(26(28)29)16-22(17)32(30,31)24-14-11-19(12-15-24)23(27)25-13-5-8-21(25)18-6-3-2-4-7-18/h2-4,6-7,9-10,16,19,21H,5,8,11-15H2,1H3. The molecule has 32 heavy (non-hydrogen) atoms. The molecule has 1 amide bonds. The van der Waals surface area contributed by atoms with E-state index in [0.29, 0.717) is 18.4 Å². The summed E-state index contributed by atoms with van der Waals surface area (Å²) in [5, 5.41) is 11.1. The van der Waals surface area contributed by atoms with Gasteiger partial charge >= 0.3 is 0 Å². The highest BCUT2D eigenvalue weighted by Crippen LogP contribution is 2.35. The molecule has 2 heterocycles. The van der Waals surface area contributed by atoms with Crippen LogP contribution >= 0.6 is 0 Å². The molecule has 0 aromatic heterocycles. The molecule has 0 bridgehead atoms. The van der Waals surface area contributed by atoms with Gasteiger partial charge in [-0.2, -0.15) is 4.31 Å². The fourth-order valence-corrected chi connectivity index (χ4v) is 6.46. The zero-order chi connectivity index (χ0) is 22.9. The highest BCUT2D eigenvalue weighted by molar-refractivity contribution is 7.89. The summed E-state index contributed by atoms with van der Waals surface area (Å²) in [7, 11) is -3.87. The molecule has 0 saturated carbocycles. The molecule has 2 aliphatic rings. The second-order valence-electron chi connectivity index (χ2n) is 8.49. The molecule has 1 atom stereocenters. The van der Waals surface area contributed by atoms with E-state index in [2.05, 4.69) is 0 Å². The first-order chi connectivity index (χ1) is 15.3. The van der Waals surface area contributed by atoms with Crippen LogP contribution in [-0.2, 0) is 14.8 Å². The van der Waals surface area contributed by atoms with Crippen LogP contribution in [0.2, 0.25) is 0 Å². The predicted molar refractivity (Wildman–Crippen MR) is 119 cm³/mol. The molecule has 170 valence electrons. The Morgan fingerprint density at radius 1 is 1.03 bits per heavy atom. The normalized spacial score (nSPS) is 20.4. The summed E-state index contributed by atoms with van der Waals surface area (Å²) in [6.07, 6.45) is 2.80. The predicted octanol–water partition coefficient (Wildman–Crippen LogP) is 3.67. The maximum atomic E-state index is 13.3. The number of carbonyl (C=O) groups excluding carboxylic acids is 1. The van der Waals surface area contributed by atoms with Gasteiger partial charge in [-0.1, -0.05) is 36.4 Å². The van der Waals surface area contributed by atoms with Gasteiger partial charge in [-0.05, 0) is 43.7 Å². The molecule has 0 aliphatic carbocycles. The summed E-state index contributed by atoms with van der Waals surface area (Å²) in [6, 6.07) is 14.0. The molecule has 2 aliphatic heterocycles. The Bertz CT molecular complexity index is 1110. The number of nitrogens with zero attached hydrogens (tertiary/aromatic N) is 3. The zero-order valence-electron chi connectivity index (χ0n) is 18.0.